The first-order valence-electron chi connectivity index (χ1n) is 7.36. The van der Waals surface area contributed by atoms with Crippen LogP contribution in [0.2, 0.25) is 0 Å². The molecular weight excluding hydrogens is 330 g/mol. The van der Waals surface area contributed by atoms with E-state index in [2.05, 4.69) is 26.2 Å². The van der Waals surface area contributed by atoms with Crippen molar-refractivity contribution in [3.63, 3.8) is 0 Å². The second-order valence-corrected chi connectivity index (χ2v) is 7.19. The third-order valence-corrected chi connectivity index (χ3v) is 4.64. The highest BCUT2D eigenvalue weighted by Crippen LogP contribution is 2.27. The Labute approximate surface area is 133 Å². The summed E-state index contributed by atoms with van der Waals surface area (Å²) in [7, 11) is 0. The van der Waals surface area contributed by atoms with Gasteiger partial charge in [0.05, 0.1) is 0 Å². The summed E-state index contributed by atoms with van der Waals surface area (Å²) in [4.78, 5) is 19.2. The van der Waals surface area contributed by atoms with Gasteiger partial charge in [-0.2, -0.15) is 0 Å². The summed E-state index contributed by atoms with van der Waals surface area (Å²) in [5.74, 6) is 1.43. The molecule has 0 bridgehead atoms. The van der Waals surface area contributed by atoms with E-state index in [1.54, 1.807) is 0 Å². The normalized spacial score (nSPS) is 24.5. The maximum Gasteiger partial charge on any atom is 0.255 e. The van der Waals surface area contributed by atoms with Crippen LogP contribution in [0.4, 0.5) is 0 Å². The fourth-order valence-electron chi connectivity index (χ4n) is 2.92. The van der Waals surface area contributed by atoms with Gasteiger partial charge in [0.1, 0.15) is 11.4 Å². The molecule has 1 fully saturated rings. The summed E-state index contributed by atoms with van der Waals surface area (Å²) in [5.41, 5.74) is 0.345. The van der Waals surface area contributed by atoms with Gasteiger partial charge in [0.2, 0.25) is 0 Å². The van der Waals surface area contributed by atoms with Crippen LogP contribution in [0.25, 0.3) is 0 Å². The number of hydrogen-bond donors (Lipinski definition) is 1. The highest BCUT2D eigenvalue weighted by Gasteiger charge is 2.42. The zero-order chi connectivity index (χ0) is 15.0. The Morgan fingerprint density at radius 2 is 2.10 bits per heavy atom. The maximum absolute atomic E-state index is 12.6. The third kappa shape index (κ3) is 2.90. The first-order valence-corrected chi connectivity index (χ1v) is 8.15. The van der Waals surface area contributed by atoms with Crippen molar-refractivity contribution >= 4 is 27.7 Å². The molecule has 0 radical (unpaired) electrons. The summed E-state index contributed by atoms with van der Waals surface area (Å²) in [6.07, 6.45) is 1.12. The summed E-state index contributed by atoms with van der Waals surface area (Å²) >= 11 is 3.45. The van der Waals surface area contributed by atoms with Crippen molar-refractivity contribution in [3.05, 3.63) is 34.3 Å². The van der Waals surface area contributed by atoms with Crippen LogP contribution in [-0.4, -0.2) is 41.8 Å². The minimum atomic E-state index is -0.658. The van der Waals surface area contributed by atoms with Gasteiger partial charge >= 0.3 is 0 Å². The lowest BCUT2D eigenvalue weighted by atomic mass is 10.0. The molecule has 5 heteroatoms. The van der Waals surface area contributed by atoms with Crippen molar-refractivity contribution in [2.24, 2.45) is 10.9 Å². The lowest BCUT2D eigenvalue weighted by Crippen LogP contribution is -2.42. The SMILES string of the molecule is CC1(C)N=C(c2ccc(Br)cc2)N(CC2CCNC2)C1=O. The molecule has 1 saturated heterocycles. The van der Waals surface area contributed by atoms with Crippen LogP contribution in [0, 0.1) is 5.92 Å². The Bertz CT molecular complexity index is 574. The average Bonchev–Trinajstić information content (AvgIpc) is 3.02. The molecule has 1 aromatic rings. The number of carbonyl (C=O) groups is 1. The van der Waals surface area contributed by atoms with E-state index in [0.29, 0.717) is 5.92 Å². The lowest BCUT2D eigenvalue weighted by molar-refractivity contribution is -0.130. The number of amidine groups is 1. The number of benzene rings is 1. The van der Waals surface area contributed by atoms with Crippen LogP contribution in [0.5, 0.6) is 0 Å². The van der Waals surface area contributed by atoms with E-state index in [9.17, 15) is 4.79 Å². The number of hydrogen-bond acceptors (Lipinski definition) is 3. The molecule has 112 valence electrons. The van der Waals surface area contributed by atoms with Crippen molar-refractivity contribution in [1.29, 1.82) is 0 Å². The molecule has 3 rings (SSSR count). The Morgan fingerprint density at radius 1 is 1.38 bits per heavy atom. The minimum absolute atomic E-state index is 0.104. The number of amides is 1. The molecule has 0 aliphatic carbocycles. The fraction of sp³-hybridized carbons (Fsp3) is 0.500. The van der Waals surface area contributed by atoms with Crippen molar-refractivity contribution in [2.45, 2.75) is 25.8 Å². The van der Waals surface area contributed by atoms with Crippen LogP contribution in [0.1, 0.15) is 25.8 Å². The average molecular weight is 350 g/mol. The standard InChI is InChI=1S/C16H20BrN3O/c1-16(2)15(21)20(10-11-7-8-18-9-11)14(19-16)12-3-5-13(17)6-4-12/h3-6,11,18H,7-10H2,1-2H3. The number of nitrogens with one attached hydrogen (secondary N) is 1. The molecule has 1 amide bonds. The summed E-state index contributed by atoms with van der Waals surface area (Å²) in [6.45, 7) is 6.56. The Hall–Kier alpha value is -1.20. The molecular formula is C16H20BrN3O. The molecule has 1 N–H and O–H groups in total. The van der Waals surface area contributed by atoms with Crippen molar-refractivity contribution in [1.82, 2.24) is 10.2 Å². The predicted molar refractivity (Wildman–Crippen MR) is 87.4 cm³/mol. The quantitative estimate of drug-likeness (QED) is 0.910. The van der Waals surface area contributed by atoms with E-state index in [-0.39, 0.29) is 5.91 Å². The monoisotopic (exact) mass is 349 g/mol. The second kappa shape index (κ2) is 5.54. The maximum atomic E-state index is 12.6. The van der Waals surface area contributed by atoms with Gasteiger partial charge in [0.25, 0.3) is 5.91 Å². The number of nitrogens with zero attached hydrogens (tertiary/aromatic N) is 2. The van der Waals surface area contributed by atoms with Gasteiger partial charge in [0.15, 0.2) is 0 Å². The molecule has 0 spiro atoms. The van der Waals surface area contributed by atoms with Gasteiger partial charge in [-0.15, -0.1) is 0 Å². The van der Waals surface area contributed by atoms with E-state index in [1.165, 1.54) is 0 Å². The number of halogens is 1. The largest absolute Gasteiger partial charge is 0.316 e. The summed E-state index contributed by atoms with van der Waals surface area (Å²) in [6, 6.07) is 8.00. The molecule has 0 saturated carbocycles. The Balaban J connectivity index is 1.90. The minimum Gasteiger partial charge on any atom is -0.316 e. The molecule has 2 heterocycles. The van der Waals surface area contributed by atoms with Crippen LogP contribution in [-0.2, 0) is 4.79 Å². The van der Waals surface area contributed by atoms with Crippen molar-refractivity contribution < 1.29 is 4.79 Å². The smallest absolute Gasteiger partial charge is 0.255 e. The van der Waals surface area contributed by atoms with Gasteiger partial charge in [-0.1, -0.05) is 28.1 Å². The number of aliphatic imine (C=N–C) groups is 1. The first kappa shape index (κ1) is 14.7. The highest BCUT2D eigenvalue weighted by molar-refractivity contribution is 9.10. The molecule has 0 aromatic heterocycles. The third-order valence-electron chi connectivity index (χ3n) is 4.12. The van der Waals surface area contributed by atoms with Gasteiger partial charge in [-0.25, -0.2) is 0 Å². The molecule has 1 aromatic carbocycles. The van der Waals surface area contributed by atoms with Crippen LogP contribution in [0.15, 0.2) is 33.7 Å². The van der Waals surface area contributed by atoms with Gasteiger partial charge in [0, 0.05) is 16.6 Å². The molecule has 1 unspecified atom stereocenters. The summed E-state index contributed by atoms with van der Waals surface area (Å²) < 4.78 is 1.03. The molecule has 1 atom stereocenters. The van der Waals surface area contributed by atoms with Crippen LogP contribution >= 0.6 is 15.9 Å². The van der Waals surface area contributed by atoms with E-state index in [1.807, 2.05) is 43.0 Å². The fourth-order valence-corrected chi connectivity index (χ4v) is 3.18. The van der Waals surface area contributed by atoms with E-state index in [0.717, 1.165) is 41.9 Å². The summed E-state index contributed by atoms with van der Waals surface area (Å²) in [5, 5.41) is 3.36. The molecule has 2 aliphatic heterocycles. The molecule has 4 nitrogen and oxygen atoms in total. The van der Waals surface area contributed by atoms with Crippen molar-refractivity contribution in [3.8, 4) is 0 Å². The second-order valence-electron chi connectivity index (χ2n) is 6.28. The topological polar surface area (TPSA) is 44.7 Å². The lowest BCUT2D eigenvalue weighted by Gasteiger charge is -2.23. The van der Waals surface area contributed by atoms with Crippen LogP contribution < -0.4 is 5.32 Å². The van der Waals surface area contributed by atoms with E-state index < -0.39 is 5.54 Å². The van der Waals surface area contributed by atoms with Gasteiger partial charge in [-0.3, -0.25) is 14.7 Å². The number of rotatable bonds is 3. The first-order chi connectivity index (χ1) is 9.97. The Morgan fingerprint density at radius 3 is 2.71 bits per heavy atom. The van der Waals surface area contributed by atoms with Gasteiger partial charge in [-0.05, 0) is 51.4 Å². The molecule has 2 aliphatic rings. The Kier molecular flexibility index (Phi) is 3.88. The van der Waals surface area contributed by atoms with Gasteiger partial charge < -0.3 is 5.32 Å². The molecule has 21 heavy (non-hydrogen) atoms. The zero-order valence-corrected chi connectivity index (χ0v) is 14.0. The van der Waals surface area contributed by atoms with E-state index in [4.69, 9.17) is 0 Å². The van der Waals surface area contributed by atoms with E-state index >= 15 is 0 Å². The highest BCUT2D eigenvalue weighted by atomic mass is 79.9. The number of carbonyl (C=O) groups excluding carboxylic acids is 1. The van der Waals surface area contributed by atoms with Crippen LogP contribution in [0.3, 0.4) is 0 Å². The zero-order valence-electron chi connectivity index (χ0n) is 12.4. The van der Waals surface area contributed by atoms with Crippen molar-refractivity contribution in [2.75, 3.05) is 19.6 Å². The predicted octanol–water partition coefficient (Wildman–Crippen LogP) is 2.43.